The van der Waals surface area contributed by atoms with E-state index in [-0.39, 0.29) is 25.5 Å². The van der Waals surface area contributed by atoms with Crippen molar-refractivity contribution >= 4 is 39.4 Å². The van der Waals surface area contributed by atoms with Crippen LogP contribution in [0.1, 0.15) is 40.5 Å². The highest BCUT2D eigenvalue weighted by Crippen LogP contribution is 2.45. The number of amides is 2. The Morgan fingerprint density at radius 2 is 2.04 bits per heavy atom. The summed E-state index contributed by atoms with van der Waals surface area (Å²) in [6.45, 7) is 7.43. The Morgan fingerprint density at radius 3 is 2.46 bits per heavy atom. The van der Waals surface area contributed by atoms with Crippen LogP contribution in [0.4, 0.5) is 0 Å². The van der Waals surface area contributed by atoms with Gasteiger partial charge < -0.3 is 14.8 Å². The van der Waals surface area contributed by atoms with E-state index < -0.39 is 28.4 Å². The molecule has 1 aliphatic heterocycles. The Bertz CT molecular complexity index is 502. The van der Waals surface area contributed by atoms with E-state index in [0.717, 1.165) is 11.0 Å². The maximum atomic E-state index is 12.6. The van der Waals surface area contributed by atoms with Crippen molar-refractivity contribution in [2.45, 2.75) is 57.1 Å². The molecule has 0 spiro atoms. The molecule has 0 bridgehead atoms. The van der Waals surface area contributed by atoms with Crippen molar-refractivity contribution < 1.29 is 23.9 Å². The fourth-order valence-electron chi connectivity index (χ4n) is 2.55. The van der Waals surface area contributed by atoms with Crippen LogP contribution in [0.15, 0.2) is 0 Å². The predicted molar refractivity (Wildman–Crippen MR) is 92.4 cm³/mol. The second kappa shape index (κ2) is 8.40. The lowest BCUT2D eigenvalue weighted by atomic mass is 9.90. The van der Waals surface area contributed by atoms with Crippen LogP contribution in [0.5, 0.6) is 0 Å². The SMILES string of the molecule is CCCOC(C(=O)OC)(N1CC(NC(=O)CC)C1=O)C(C)(C)SCl. The smallest absolute Gasteiger partial charge is 0.361 e. The third-order valence-electron chi connectivity index (χ3n) is 3.95. The van der Waals surface area contributed by atoms with E-state index >= 15 is 0 Å². The van der Waals surface area contributed by atoms with Crippen molar-refractivity contribution in [3.63, 3.8) is 0 Å². The number of β-lactam (4-membered cyclic amide) rings is 1. The summed E-state index contributed by atoms with van der Waals surface area (Å²) in [5.41, 5.74) is -1.66. The lowest BCUT2D eigenvalue weighted by molar-refractivity contribution is -0.223. The Kier molecular flexibility index (Phi) is 7.37. The van der Waals surface area contributed by atoms with Gasteiger partial charge in [0, 0.05) is 13.0 Å². The van der Waals surface area contributed by atoms with Crippen LogP contribution in [0.3, 0.4) is 0 Å². The standard InChI is InChI=1S/C15H25ClN2O5S/c1-6-8-23-15(13(21)22-5,14(3,4)24-16)18-9-10(12(18)20)17-11(19)7-2/h10H,6-9H2,1-5H3,(H,17,19). The van der Waals surface area contributed by atoms with E-state index in [9.17, 15) is 14.4 Å². The Labute approximate surface area is 151 Å². The number of hydrogen-bond acceptors (Lipinski definition) is 6. The van der Waals surface area contributed by atoms with Gasteiger partial charge in [-0.15, -0.1) is 0 Å². The van der Waals surface area contributed by atoms with Gasteiger partial charge in [-0.25, -0.2) is 4.79 Å². The van der Waals surface area contributed by atoms with Crippen LogP contribution in [-0.2, 0) is 23.9 Å². The van der Waals surface area contributed by atoms with Crippen molar-refractivity contribution in [2.75, 3.05) is 20.3 Å². The summed E-state index contributed by atoms with van der Waals surface area (Å²) in [6, 6.07) is -0.664. The van der Waals surface area contributed by atoms with Crippen molar-refractivity contribution in [1.82, 2.24) is 10.2 Å². The van der Waals surface area contributed by atoms with Gasteiger partial charge >= 0.3 is 5.97 Å². The van der Waals surface area contributed by atoms with Crippen molar-refractivity contribution in [3.8, 4) is 0 Å². The molecule has 0 saturated carbocycles. The fraction of sp³-hybridized carbons (Fsp3) is 0.800. The number of methoxy groups -OCH3 is 1. The number of likely N-dealkylation sites (tertiary alicyclic amines) is 1. The number of carbonyl (C=O) groups excluding carboxylic acids is 3. The van der Waals surface area contributed by atoms with Gasteiger partial charge in [0.25, 0.3) is 5.72 Å². The third kappa shape index (κ3) is 3.65. The summed E-state index contributed by atoms with van der Waals surface area (Å²) >= 11 is 0. The zero-order valence-electron chi connectivity index (χ0n) is 14.7. The molecule has 1 rings (SSSR count). The number of hydrogen-bond donors (Lipinski definition) is 1. The first-order chi connectivity index (χ1) is 11.2. The first-order valence-corrected chi connectivity index (χ1v) is 9.49. The van der Waals surface area contributed by atoms with Crippen LogP contribution in [0.25, 0.3) is 0 Å². The number of nitrogens with one attached hydrogen (secondary N) is 1. The van der Waals surface area contributed by atoms with Gasteiger partial charge in [-0.2, -0.15) is 0 Å². The van der Waals surface area contributed by atoms with Crippen molar-refractivity contribution in [3.05, 3.63) is 0 Å². The molecule has 1 saturated heterocycles. The van der Waals surface area contributed by atoms with Gasteiger partial charge in [0.2, 0.25) is 11.8 Å². The first-order valence-electron chi connectivity index (χ1n) is 7.84. The lowest BCUT2D eigenvalue weighted by Gasteiger charge is -2.54. The quantitative estimate of drug-likeness (QED) is 0.484. The molecule has 0 radical (unpaired) electrons. The summed E-state index contributed by atoms with van der Waals surface area (Å²) in [5.74, 6) is -1.31. The minimum absolute atomic E-state index is 0.157. The molecule has 2 atom stereocenters. The molecule has 1 fully saturated rings. The van der Waals surface area contributed by atoms with Gasteiger partial charge in [-0.3, -0.25) is 14.5 Å². The lowest BCUT2D eigenvalue weighted by Crippen LogP contribution is -2.78. The van der Waals surface area contributed by atoms with E-state index in [0.29, 0.717) is 6.42 Å². The number of esters is 1. The van der Waals surface area contributed by atoms with E-state index in [4.69, 9.17) is 20.2 Å². The average molecular weight is 381 g/mol. The normalized spacial score (nSPS) is 20.2. The summed E-state index contributed by atoms with van der Waals surface area (Å²) in [6.07, 6.45) is 0.932. The predicted octanol–water partition coefficient (Wildman–Crippen LogP) is 1.68. The number of carbonyl (C=O) groups is 3. The molecular weight excluding hydrogens is 356 g/mol. The summed E-state index contributed by atoms with van der Waals surface area (Å²) < 4.78 is 9.81. The number of nitrogens with zero attached hydrogens (tertiary/aromatic N) is 1. The molecule has 0 aromatic carbocycles. The summed E-state index contributed by atoms with van der Waals surface area (Å²) in [4.78, 5) is 38.0. The summed E-state index contributed by atoms with van der Waals surface area (Å²) in [5, 5.41) is 2.62. The van der Waals surface area contributed by atoms with E-state index in [1.54, 1.807) is 20.8 Å². The van der Waals surface area contributed by atoms with Crippen molar-refractivity contribution in [2.24, 2.45) is 0 Å². The van der Waals surface area contributed by atoms with Gasteiger partial charge in [0.15, 0.2) is 0 Å². The maximum absolute atomic E-state index is 12.6. The Hall–Kier alpha value is -0.990. The highest BCUT2D eigenvalue weighted by molar-refractivity contribution is 8.22. The van der Waals surface area contributed by atoms with E-state index in [1.165, 1.54) is 12.0 Å². The van der Waals surface area contributed by atoms with Gasteiger partial charge in [-0.1, -0.05) is 13.8 Å². The molecule has 0 aromatic rings. The Morgan fingerprint density at radius 1 is 1.42 bits per heavy atom. The molecule has 0 aliphatic carbocycles. The number of ether oxygens (including phenoxy) is 2. The van der Waals surface area contributed by atoms with Crippen molar-refractivity contribution in [1.29, 1.82) is 0 Å². The molecule has 1 heterocycles. The highest BCUT2D eigenvalue weighted by atomic mass is 35.7. The zero-order chi connectivity index (χ0) is 18.5. The van der Waals surface area contributed by atoms with E-state index in [2.05, 4.69) is 5.32 Å². The minimum Gasteiger partial charge on any atom is -0.465 e. The number of rotatable bonds is 9. The van der Waals surface area contributed by atoms with Crippen LogP contribution in [0, 0.1) is 0 Å². The second-order valence-electron chi connectivity index (χ2n) is 5.99. The molecule has 1 N–H and O–H groups in total. The molecular formula is C15H25ClN2O5S. The molecule has 2 amide bonds. The molecule has 2 unspecified atom stereocenters. The monoisotopic (exact) mass is 380 g/mol. The molecule has 138 valence electrons. The molecule has 1 aliphatic rings. The molecule has 9 heteroatoms. The topological polar surface area (TPSA) is 84.9 Å². The average Bonchev–Trinajstić information content (AvgIpc) is 2.58. The Balaban J connectivity index is 3.17. The van der Waals surface area contributed by atoms with Crippen LogP contribution < -0.4 is 5.32 Å². The zero-order valence-corrected chi connectivity index (χ0v) is 16.3. The fourth-order valence-corrected chi connectivity index (χ4v) is 3.22. The van der Waals surface area contributed by atoms with Gasteiger partial charge in [-0.05, 0) is 41.9 Å². The highest BCUT2D eigenvalue weighted by Gasteiger charge is 2.64. The molecule has 24 heavy (non-hydrogen) atoms. The second-order valence-corrected chi connectivity index (χ2v) is 7.63. The molecule has 0 aromatic heterocycles. The third-order valence-corrected chi connectivity index (χ3v) is 5.77. The largest absolute Gasteiger partial charge is 0.465 e. The minimum atomic E-state index is -1.66. The van der Waals surface area contributed by atoms with E-state index in [1.807, 2.05) is 6.92 Å². The maximum Gasteiger partial charge on any atom is 0.361 e. The van der Waals surface area contributed by atoms with Crippen LogP contribution in [-0.4, -0.2) is 59.5 Å². The van der Waals surface area contributed by atoms with Gasteiger partial charge in [0.05, 0.1) is 18.4 Å². The van der Waals surface area contributed by atoms with Crippen LogP contribution in [0.2, 0.25) is 0 Å². The van der Waals surface area contributed by atoms with Gasteiger partial charge in [0.1, 0.15) is 6.04 Å². The van der Waals surface area contributed by atoms with Crippen LogP contribution >= 0.6 is 21.7 Å². The first kappa shape index (κ1) is 21.1. The molecule has 7 nitrogen and oxygen atoms in total. The number of halogens is 1. The summed E-state index contributed by atoms with van der Waals surface area (Å²) in [7, 11) is 8.13.